The molecular weight excluding hydrogens is 426 g/mol. The minimum atomic E-state index is -0.801. The van der Waals surface area contributed by atoms with Gasteiger partial charge in [0.2, 0.25) is 5.91 Å². The summed E-state index contributed by atoms with van der Waals surface area (Å²) in [5.74, 6) is -1.09. The van der Waals surface area contributed by atoms with Gasteiger partial charge in [0.1, 0.15) is 6.04 Å². The standard InChI is InChI=1S/C25H28ClN3O3/c1-17(2)22(29-23(30)20-6-3-4-7-21(20)24(29)31)25(32)28-13-5-12-27(14-15-28)16-18-8-10-19(26)11-9-18/h3-4,6-11,17,22H,5,12-16H2,1-2H3. The van der Waals surface area contributed by atoms with Crippen molar-refractivity contribution in [3.8, 4) is 0 Å². The number of halogens is 1. The van der Waals surface area contributed by atoms with Crippen LogP contribution in [0.1, 0.15) is 46.5 Å². The van der Waals surface area contributed by atoms with Crippen LogP contribution in [0, 0.1) is 5.92 Å². The Morgan fingerprint density at radius 3 is 2.12 bits per heavy atom. The van der Waals surface area contributed by atoms with Crippen molar-refractivity contribution in [2.45, 2.75) is 32.9 Å². The molecule has 2 aliphatic rings. The van der Waals surface area contributed by atoms with Gasteiger partial charge in [0.05, 0.1) is 11.1 Å². The van der Waals surface area contributed by atoms with Crippen LogP contribution in [-0.2, 0) is 11.3 Å². The van der Waals surface area contributed by atoms with E-state index in [1.807, 2.05) is 43.0 Å². The van der Waals surface area contributed by atoms with Crippen LogP contribution in [0.25, 0.3) is 0 Å². The van der Waals surface area contributed by atoms with E-state index in [1.54, 1.807) is 24.3 Å². The molecule has 2 aromatic carbocycles. The number of nitrogens with zero attached hydrogens (tertiary/aromatic N) is 3. The summed E-state index contributed by atoms with van der Waals surface area (Å²) in [5.41, 5.74) is 1.93. The third-order valence-electron chi connectivity index (χ3n) is 6.21. The van der Waals surface area contributed by atoms with Crippen LogP contribution in [0.15, 0.2) is 48.5 Å². The van der Waals surface area contributed by atoms with Crippen LogP contribution < -0.4 is 0 Å². The molecular formula is C25H28ClN3O3. The Labute approximate surface area is 193 Å². The first-order valence-electron chi connectivity index (χ1n) is 11.1. The number of benzene rings is 2. The van der Waals surface area contributed by atoms with Crippen molar-refractivity contribution >= 4 is 29.3 Å². The third-order valence-corrected chi connectivity index (χ3v) is 6.46. The zero-order chi connectivity index (χ0) is 22.8. The van der Waals surface area contributed by atoms with E-state index in [9.17, 15) is 14.4 Å². The summed E-state index contributed by atoms with van der Waals surface area (Å²) in [6.45, 7) is 7.37. The van der Waals surface area contributed by atoms with Gasteiger partial charge in [-0.05, 0) is 42.2 Å². The van der Waals surface area contributed by atoms with E-state index in [0.29, 0.717) is 29.2 Å². The van der Waals surface area contributed by atoms with Gasteiger partial charge in [-0.15, -0.1) is 0 Å². The fourth-order valence-electron chi connectivity index (χ4n) is 4.54. The second-order valence-electron chi connectivity index (χ2n) is 8.80. The Kier molecular flexibility index (Phi) is 6.63. The minimum absolute atomic E-state index is 0.150. The molecule has 2 heterocycles. The van der Waals surface area contributed by atoms with Gasteiger partial charge in [-0.3, -0.25) is 24.2 Å². The number of fused-ring (bicyclic) bond motifs is 1. The maximum absolute atomic E-state index is 13.6. The van der Waals surface area contributed by atoms with Crippen LogP contribution in [0.2, 0.25) is 5.02 Å². The van der Waals surface area contributed by atoms with Crippen LogP contribution >= 0.6 is 11.6 Å². The average Bonchev–Trinajstić information content (AvgIpc) is 2.93. The Balaban J connectivity index is 1.47. The van der Waals surface area contributed by atoms with Crippen molar-refractivity contribution in [2.24, 2.45) is 5.92 Å². The van der Waals surface area contributed by atoms with Gasteiger partial charge < -0.3 is 4.90 Å². The topological polar surface area (TPSA) is 60.9 Å². The summed E-state index contributed by atoms with van der Waals surface area (Å²) in [4.78, 5) is 44.9. The number of hydrogen-bond donors (Lipinski definition) is 0. The monoisotopic (exact) mass is 453 g/mol. The maximum Gasteiger partial charge on any atom is 0.262 e. The number of amides is 3. The van der Waals surface area contributed by atoms with E-state index >= 15 is 0 Å². The molecule has 1 atom stereocenters. The van der Waals surface area contributed by atoms with E-state index in [1.165, 1.54) is 10.5 Å². The van der Waals surface area contributed by atoms with Crippen LogP contribution in [0.3, 0.4) is 0 Å². The van der Waals surface area contributed by atoms with Crippen molar-refractivity contribution in [1.29, 1.82) is 0 Å². The Bertz CT molecular complexity index is 986. The molecule has 6 nitrogen and oxygen atoms in total. The SMILES string of the molecule is CC(C)C(C(=O)N1CCCN(Cc2ccc(Cl)cc2)CC1)N1C(=O)c2ccccc2C1=O. The molecule has 0 N–H and O–H groups in total. The van der Waals surface area contributed by atoms with Crippen molar-refractivity contribution in [1.82, 2.24) is 14.7 Å². The quantitative estimate of drug-likeness (QED) is 0.648. The molecule has 3 amide bonds. The molecule has 0 radical (unpaired) electrons. The molecule has 168 valence electrons. The Hall–Kier alpha value is -2.70. The third kappa shape index (κ3) is 4.43. The van der Waals surface area contributed by atoms with Crippen LogP contribution in [0.4, 0.5) is 0 Å². The fourth-order valence-corrected chi connectivity index (χ4v) is 4.66. The predicted octanol–water partition coefficient (Wildman–Crippen LogP) is 3.70. The summed E-state index contributed by atoms with van der Waals surface area (Å²) < 4.78 is 0. The van der Waals surface area contributed by atoms with E-state index in [4.69, 9.17) is 11.6 Å². The second-order valence-corrected chi connectivity index (χ2v) is 9.23. The highest BCUT2D eigenvalue weighted by Gasteiger charge is 2.45. The van der Waals surface area contributed by atoms with Crippen LogP contribution in [0.5, 0.6) is 0 Å². The maximum atomic E-state index is 13.6. The fraction of sp³-hybridized carbons (Fsp3) is 0.400. The lowest BCUT2D eigenvalue weighted by Gasteiger charge is -2.33. The molecule has 0 spiro atoms. The molecule has 1 unspecified atom stereocenters. The number of carbonyl (C=O) groups excluding carboxylic acids is 3. The first-order valence-corrected chi connectivity index (χ1v) is 11.5. The highest BCUT2D eigenvalue weighted by molar-refractivity contribution is 6.30. The van der Waals surface area contributed by atoms with E-state index < -0.39 is 6.04 Å². The van der Waals surface area contributed by atoms with Gasteiger partial charge in [-0.25, -0.2) is 0 Å². The van der Waals surface area contributed by atoms with Crippen molar-refractivity contribution in [3.05, 3.63) is 70.2 Å². The molecule has 1 saturated heterocycles. The number of hydrogen-bond acceptors (Lipinski definition) is 4. The lowest BCUT2D eigenvalue weighted by molar-refractivity contribution is -0.136. The average molecular weight is 454 g/mol. The molecule has 32 heavy (non-hydrogen) atoms. The molecule has 0 bridgehead atoms. The van der Waals surface area contributed by atoms with Crippen molar-refractivity contribution in [3.63, 3.8) is 0 Å². The molecule has 2 aliphatic heterocycles. The first kappa shape index (κ1) is 22.5. The molecule has 0 aliphatic carbocycles. The van der Waals surface area contributed by atoms with Gasteiger partial charge in [-0.2, -0.15) is 0 Å². The number of rotatable bonds is 5. The molecule has 4 rings (SSSR count). The Morgan fingerprint density at radius 2 is 1.53 bits per heavy atom. The summed E-state index contributed by atoms with van der Waals surface area (Å²) in [5, 5.41) is 0.717. The summed E-state index contributed by atoms with van der Waals surface area (Å²) in [6, 6.07) is 13.8. The number of carbonyl (C=O) groups is 3. The molecule has 2 aromatic rings. The highest BCUT2D eigenvalue weighted by Crippen LogP contribution is 2.28. The minimum Gasteiger partial charge on any atom is -0.340 e. The second kappa shape index (κ2) is 9.43. The zero-order valence-electron chi connectivity index (χ0n) is 18.5. The highest BCUT2D eigenvalue weighted by atomic mass is 35.5. The van der Waals surface area contributed by atoms with Crippen LogP contribution in [-0.4, -0.2) is 64.6 Å². The smallest absolute Gasteiger partial charge is 0.262 e. The van der Waals surface area contributed by atoms with Gasteiger partial charge in [0, 0.05) is 37.7 Å². The van der Waals surface area contributed by atoms with Gasteiger partial charge in [0.25, 0.3) is 11.8 Å². The zero-order valence-corrected chi connectivity index (χ0v) is 19.2. The Morgan fingerprint density at radius 1 is 0.906 bits per heavy atom. The van der Waals surface area contributed by atoms with E-state index in [-0.39, 0.29) is 23.6 Å². The normalized spacial score (nSPS) is 18.1. The van der Waals surface area contributed by atoms with Gasteiger partial charge >= 0.3 is 0 Å². The summed E-state index contributed by atoms with van der Waals surface area (Å²) in [6.07, 6.45) is 0.840. The lowest BCUT2D eigenvalue weighted by Crippen LogP contribution is -2.54. The summed E-state index contributed by atoms with van der Waals surface area (Å²) >= 11 is 5.98. The molecule has 1 fully saturated rings. The van der Waals surface area contributed by atoms with Crippen molar-refractivity contribution in [2.75, 3.05) is 26.2 Å². The molecule has 0 saturated carbocycles. The summed E-state index contributed by atoms with van der Waals surface area (Å²) in [7, 11) is 0. The van der Waals surface area contributed by atoms with E-state index in [0.717, 1.165) is 26.1 Å². The van der Waals surface area contributed by atoms with Gasteiger partial charge in [-0.1, -0.05) is 49.7 Å². The van der Waals surface area contributed by atoms with E-state index in [2.05, 4.69) is 4.90 Å². The first-order chi connectivity index (χ1) is 15.4. The predicted molar refractivity (Wildman–Crippen MR) is 123 cm³/mol. The van der Waals surface area contributed by atoms with Gasteiger partial charge in [0.15, 0.2) is 0 Å². The lowest BCUT2D eigenvalue weighted by atomic mass is 10.0. The molecule has 0 aromatic heterocycles. The molecule has 7 heteroatoms. The number of imide groups is 1. The largest absolute Gasteiger partial charge is 0.340 e. The van der Waals surface area contributed by atoms with Crippen molar-refractivity contribution < 1.29 is 14.4 Å².